The Hall–Kier alpha value is -1.34. The van der Waals surface area contributed by atoms with Crippen LogP contribution in [0.4, 0.5) is 5.82 Å². The van der Waals surface area contributed by atoms with Gasteiger partial charge in [-0.2, -0.15) is 0 Å². The molecule has 6 nitrogen and oxygen atoms in total. The summed E-state index contributed by atoms with van der Waals surface area (Å²) < 4.78 is 22.9. The van der Waals surface area contributed by atoms with Crippen LogP contribution in [0, 0.1) is 0 Å². The summed E-state index contributed by atoms with van der Waals surface area (Å²) in [4.78, 5) is 17.5. The molecule has 1 atom stereocenters. The second-order valence-corrected chi connectivity index (χ2v) is 7.20. The standard InChI is InChI=1S/C11H14ClN3O3S/c1-15(7-2-3-19(17,18)6-7)11(16)8-4-10(13)14-5-9(8)12/h4-5,7H,2-3,6H2,1H3,(H2,13,14). The van der Waals surface area contributed by atoms with Gasteiger partial charge < -0.3 is 10.6 Å². The van der Waals surface area contributed by atoms with Crippen molar-refractivity contribution in [2.75, 3.05) is 24.3 Å². The summed E-state index contributed by atoms with van der Waals surface area (Å²) in [6.07, 6.45) is 1.76. The van der Waals surface area contributed by atoms with Gasteiger partial charge in [-0.25, -0.2) is 13.4 Å². The summed E-state index contributed by atoms with van der Waals surface area (Å²) in [6.45, 7) is 0. The Bertz CT molecular complexity index is 618. The van der Waals surface area contributed by atoms with Crippen LogP contribution in [0.5, 0.6) is 0 Å². The average Bonchev–Trinajstić information content (AvgIpc) is 2.71. The Morgan fingerprint density at radius 3 is 2.84 bits per heavy atom. The number of amides is 1. The monoisotopic (exact) mass is 303 g/mol. The normalized spacial score (nSPS) is 21.3. The molecule has 0 aromatic carbocycles. The summed E-state index contributed by atoms with van der Waals surface area (Å²) in [5.41, 5.74) is 5.76. The van der Waals surface area contributed by atoms with E-state index < -0.39 is 9.84 Å². The molecule has 104 valence electrons. The average molecular weight is 304 g/mol. The Kier molecular flexibility index (Phi) is 3.69. The molecule has 2 heterocycles. The number of anilines is 1. The number of carbonyl (C=O) groups excluding carboxylic acids is 1. The molecular formula is C11H14ClN3O3S. The molecule has 1 unspecified atom stereocenters. The van der Waals surface area contributed by atoms with E-state index in [0.717, 1.165) is 0 Å². The van der Waals surface area contributed by atoms with Crippen LogP contribution < -0.4 is 5.73 Å². The molecule has 1 aromatic heterocycles. The number of aromatic nitrogens is 1. The maximum absolute atomic E-state index is 12.3. The fourth-order valence-corrected chi connectivity index (χ4v) is 4.01. The highest BCUT2D eigenvalue weighted by Gasteiger charge is 2.33. The lowest BCUT2D eigenvalue weighted by Gasteiger charge is -2.23. The minimum absolute atomic E-state index is 0.00652. The number of nitrogens with zero attached hydrogens (tertiary/aromatic N) is 2. The van der Waals surface area contributed by atoms with Crippen molar-refractivity contribution < 1.29 is 13.2 Å². The molecule has 8 heteroatoms. The van der Waals surface area contributed by atoms with Crippen LogP contribution in [0.25, 0.3) is 0 Å². The summed E-state index contributed by atoms with van der Waals surface area (Å²) in [5, 5.41) is 0.201. The van der Waals surface area contributed by atoms with Gasteiger partial charge in [-0.15, -0.1) is 0 Å². The van der Waals surface area contributed by atoms with Gasteiger partial charge in [-0.1, -0.05) is 11.6 Å². The molecule has 2 N–H and O–H groups in total. The van der Waals surface area contributed by atoms with Crippen LogP contribution in [0.3, 0.4) is 0 Å². The van der Waals surface area contributed by atoms with E-state index in [1.165, 1.54) is 17.2 Å². The zero-order valence-corrected chi connectivity index (χ0v) is 11.9. The van der Waals surface area contributed by atoms with E-state index in [1.807, 2.05) is 0 Å². The second kappa shape index (κ2) is 4.97. The third-order valence-corrected chi connectivity index (χ3v) is 5.23. The van der Waals surface area contributed by atoms with Crippen molar-refractivity contribution in [1.82, 2.24) is 9.88 Å². The smallest absolute Gasteiger partial charge is 0.255 e. The molecule has 0 spiro atoms. The van der Waals surface area contributed by atoms with E-state index in [4.69, 9.17) is 17.3 Å². The highest BCUT2D eigenvalue weighted by Crippen LogP contribution is 2.22. The Morgan fingerprint density at radius 1 is 1.58 bits per heavy atom. The van der Waals surface area contributed by atoms with Gasteiger partial charge in [-0.05, 0) is 12.5 Å². The van der Waals surface area contributed by atoms with Gasteiger partial charge in [0.25, 0.3) is 5.91 Å². The number of sulfone groups is 1. The van der Waals surface area contributed by atoms with Gasteiger partial charge in [0.15, 0.2) is 9.84 Å². The summed E-state index contributed by atoms with van der Waals surface area (Å²) in [7, 11) is -1.47. The molecule has 0 saturated carbocycles. The molecule has 0 bridgehead atoms. The van der Waals surface area contributed by atoms with Crippen molar-refractivity contribution in [3.05, 3.63) is 22.8 Å². The fraction of sp³-hybridized carbons (Fsp3) is 0.455. The number of nitrogen functional groups attached to an aromatic ring is 1. The molecule has 1 aliphatic heterocycles. The van der Waals surface area contributed by atoms with Gasteiger partial charge in [0.2, 0.25) is 0 Å². The third kappa shape index (κ3) is 2.98. The Labute approximate surface area is 116 Å². The van der Waals surface area contributed by atoms with Gasteiger partial charge in [0.1, 0.15) is 5.82 Å². The lowest BCUT2D eigenvalue weighted by atomic mass is 10.2. The first-order valence-electron chi connectivity index (χ1n) is 5.69. The molecule has 1 aliphatic rings. The van der Waals surface area contributed by atoms with E-state index in [1.54, 1.807) is 7.05 Å². The Morgan fingerprint density at radius 2 is 2.26 bits per heavy atom. The van der Waals surface area contributed by atoms with Gasteiger partial charge in [0.05, 0.1) is 22.1 Å². The number of hydrogen-bond acceptors (Lipinski definition) is 5. The van der Waals surface area contributed by atoms with Crippen molar-refractivity contribution in [2.45, 2.75) is 12.5 Å². The van der Waals surface area contributed by atoms with Crippen LogP contribution in [-0.2, 0) is 9.84 Å². The molecule has 0 radical (unpaired) electrons. The van der Waals surface area contributed by atoms with Crippen molar-refractivity contribution in [3.8, 4) is 0 Å². The molecule has 2 rings (SSSR count). The molecule has 0 aliphatic carbocycles. The predicted octanol–water partition coefficient (Wildman–Crippen LogP) is 0.576. The van der Waals surface area contributed by atoms with Crippen molar-refractivity contribution >= 4 is 33.2 Å². The largest absolute Gasteiger partial charge is 0.384 e. The highest BCUT2D eigenvalue weighted by molar-refractivity contribution is 7.91. The number of nitrogens with two attached hydrogens (primary N) is 1. The molecule has 1 fully saturated rings. The van der Waals surface area contributed by atoms with E-state index in [-0.39, 0.29) is 39.9 Å². The van der Waals surface area contributed by atoms with E-state index in [2.05, 4.69) is 4.98 Å². The van der Waals surface area contributed by atoms with Crippen molar-refractivity contribution in [3.63, 3.8) is 0 Å². The van der Waals surface area contributed by atoms with Crippen LogP contribution in [0.2, 0.25) is 5.02 Å². The van der Waals surface area contributed by atoms with Crippen LogP contribution in [0.1, 0.15) is 16.8 Å². The van der Waals surface area contributed by atoms with Crippen LogP contribution in [0.15, 0.2) is 12.3 Å². The number of pyridine rings is 1. The summed E-state index contributed by atoms with van der Waals surface area (Å²) in [6, 6.07) is 1.08. The molecule has 19 heavy (non-hydrogen) atoms. The number of hydrogen-bond donors (Lipinski definition) is 1. The fourth-order valence-electron chi connectivity index (χ4n) is 2.06. The number of carbonyl (C=O) groups is 1. The van der Waals surface area contributed by atoms with Crippen molar-refractivity contribution in [1.29, 1.82) is 0 Å². The predicted molar refractivity (Wildman–Crippen MR) is 72.8 cm³/mol. The summed E-state index contributed by atoms with van der Waals surface area (Å²) in [5.74, 6) is -0.0454. The van der Waals surface area contributed by atoms with Crippen molar-refractivity contribution in [2.24, 2.45) is 0 Å². The van der Waals surface area contributed by atoms with Gasteiger partial charge in [0, 0.05) is 19.3 Å². The SMILES string of the molecule is CN(C(=O)c1cc(N)ncc1Cl)C1CCS(=O)(=O)C1. The van der Waals surface area contributed by atoms with Crippen LogP contribution in [-0.4, -0.2) is 48.8 Å². The molecule has 1 amide bonds. The zero-order valence-electron chi connectivity index (χ0n) is 10.3. The topological polar surface area (TPSA) is 93.4 Å². The van der Waals surface area contributed by atoms with E-state index in [0.29, 0.717) is 6.42 Å². The first-order chi connectivity index (χ1) is 8.80. The lowest BCUT2D eigenvalue weighted by Crippen LogP contribution is -2.38. The first kappa shape index (κ1) is 14.1. The Balaban J connectivity index is 2.22. The third-order valence-electron chi connectivity index (χ3n) is 3.18. The highest BCUT2D eigenvalue weighted by atomic mass is 35.5. The first-order valence-corrected chi connectivity index (χ1v) is 7.89. The minimum atomic E-state index is -3.04. The minimum Gasteiger partial charge on any atom is -0.384 e. The van der Waals surface area contributed by atoms with E-state index >= 15 is 0 Å². The molecule has 1 aromatic rings. The maximum Gasteiger partial charge on any atom is 0.255 e. The number of rotatable bonds is 2. The maximum atomic E-state index is 12.3. The lowest BCUT2D eigenvalue weighted by molar-refractivity contribution is 0.0748. The van der Waals surface area contributed by atoms with E-state index in [9.17, 15) is 13.2 Å². The second-order valence-electron chi connectivity index (χ2n) is 4.56. The quantitative estimate of drug-likeness (QED) is 0.862. The zero-order chi connectivity index (χ0) is 14.2. The van der Waals surface area contributed by atoms with Gasteiger partial charge >= 0.3 is 0 Å². The molecule has 1 saturated heterocycles. The molecular weight excluding hydrogens is 290 g/mol. The van der Waals surface area contributed by atoms with Crippen LogP contribution >= 0.6 is 11.6 Å². The van der Waals surface area contributed by atoms with Gasteiger partial charge in [-0.3, -0.25) is 4.79 Å². The number of halogens is 1. The summed E-state index contributed by atoms with van der Waals surface area (Å²) >= 11 is 5.91.